The van der Waals surface area contributed by atoms with Crippen molar-refractivity contribution in [3.05, 3.63) is 31.1 Å². The van der Waals surface area contributed by atoms with E-state index in [1.807, 2.05) is 29.7 Å². The third-order valence-electron chi connectivity index (χ3n) is 2.43. The van der Waals surface area contributed by atoms with Gasteiger partial charge in [-0.05, 0) is 19.1 Å². The molecule has 0 saturated heterocycles. The minimum Gasteiger partial charge on any atom is -0.461 e. The SMILES string of the molecule is C=CCn1c(SCCOCC)nnc1-c1ccco1. The number of furan rings is 1. The summed E-state index contributed by atoms with van der Waals surface area (Å²) in [6.45, 7) is 7.85. The van der Waals surface area contributed by atoms with E-state index in [2.05, 4.69) is 16.8 Å². The fraction of sp³-hybridized carbons (Fsp3) is 0.385. The normalized spacial score (nSPS) is 10.8. The number of ether oxygens (including phenoxy) is 1. The van der Waals surface area contributed by atoms with E-state index in [0.717, 1.165) is 23.3 Å². The Morgan fingerprint density at radius 1 is 1.53 bits per heavy atom. The first-order valence-corrected chi connectivity index (χ1v) is 7.14. The van der Waals surface area contributed by atoms with Gasteiger partial charge in [-0.1, -0.05) is 17.8 Å². The average molecular weight is 279 g/mol. The molecule has 2 aromatic rings. The van der Waals surface area contributed by atoms with Gasteiger partial charge in [0.1, 0.15) is 0 Å². The second-order valence-electron chi connectivity index (χ2n) is 3.73. The molecule has 0 aliphatic rings. The van der Waals surface area contributed by atoms with Gasteiger partial charge < -0.3 is 9.15 Å². The first-order valence-electron chi connectivity index (χ1n) is 6.15. The summed E-state index contributed by atoms with van der Waals surface area (Å²) in [7, 11) is 0. The third-order valence-corrected chi connectivity index (χ3v) is 3.36. The zero-order chi connectivity index (χ0) is 13.5. The highest BCUT2D eigenvalue weighted by Crippen LogP contribution is 2.24. The van der Waals surface area contributed by atoms with E-state index >= 15 is 0 Å². The van der Waals surface area contributed by atoms with Crippen LogP contribution in [0.25, 0.3) is 11.6 Å². The summed E-state index contributed by atoms with van der Waals surface area (Å²) in [6.07, 6.45) is 3.45. The van der Waals surface area contributed by atoms with Gasteiger partial charge in [-0.3, -0.25) is 4.57 Å². The van der Waals surface area contributed by atoms with E-state index in [9.17, 15) is 0 Å². The van der Waals surface area contributed by atoms with Crippen molar-refractivity contribution >= 4 is 11.8 Å². The summed E-state index contributed by atoms with van der Waals surface area (Å²) in [4.78, 5) is 0. The lowest BCUT2D eigenvalue weighted by molar-refractivity contribution is 0.164. The summed E-state index contributed by atoms with van der Waals surface area (Å²) in [5.74, 6) is 2.29. The number of thioether (sulfide) groups is 1. The fourth-order valence-corrected chi connectivity index (χ4v) is 2.41. The molecule has 0 amide bonds. The van der Waals surface area contributed by atoms with Crippen LogP contribution in [0.4, 0.5) is 0 Å². The Kier molecular flexibility index (Phi) is 5.23. The first-order chi connectivity index (χ1) is 9.36. The maximum absolute atomic E-state index is 5.37. The predicted octanol–water partition coefficient (Wildman–Crippen LogP) is 2.85. The van der Waals surface area contributed by atoms with Gasteiger partial charge in [0.2, 0.25) is 5.82 Å². The van der Waals surface area contributed by atoms with Crippen LogP contribution < -0.4 is 0 Å². The van der Waals surface area contributed by atoms with Gasteiger partial charge in [0, 0.05) is 18.9 Å². The Labute approximate surface area is 116 Å². The molecule has 0 N–H and O–H groups in total. The number of nitrogens with zero attached hydrogens (tertiary/aromatic N) is 3. The lowest BCUT2D eigenvalue weighted by Crippen LogP contribution is -2.02. The summed E-state index contributed by atoms with van der Waals surface area (Å²) in [5.41, 5.74) is 0. The smallest absolute Gasteiger partial charge is 0.200 e. The van der Waals surface area contributed by atoms with Crippen LogP contribution in [-0.2, 0) is 11.3 Å². The molecule has 0 aliphatic heterocycles. The van der Waals surface area contributed by atoms with Gasteiger partial charge in [-0.25, -0.2) is 0 Å². The van der Waals surface area contributed by atoms with E-state index in [1.165, 1.54) is 0 Å². The molecule has 0 bridgehead atoms. The maximum atomic E-state index is 5.37. The molecule has 2 heterocycles. The second-order valence-corrected chi connectivity index (χ2v) is 4.79. The molecule has 2 aromatic heterocycles. The molecule has 102 valence electrons. The first kappa shape index (κ1) is 13.9. The van der Waals surface area contributed by atoms with Crippen molar-refractivity contribution in [3.8, 4) is 11.6 Å². The highest BCUT2D eigenvalue weighted by atomic mass is 32.2. The molecule has 0 aliphatic carbocycles. The van der Waals surface area contributed by atoms with E-state index in [1.54, 1.807) is 18.0 Å². The van der Waals surface area contributed by atoms with Crippen molar-refractivity contribution in [3.63, 3.8) is 0 Å². The quantitative estimate of drug-likeness (QED) is 0.422. The summed E-state index contributed by atoms with van der Waals surface area (Å²) in [5, 5.41) is 9.24. The summed E-state index contributed by atoms with van der Waals surface area (Å²) < 4.78 is 12.7. The molecular weight excluding hydrogens is 262 g/mol. The van der Waals surface area contributed by atoms with Gasteiger partial charge >= 0.3 is 0 Å². The van der Waals surface area contributed by atoms with Gasteiger partial charge in [0.15, 0.2) is 10.9 Å². The van der Waals surface area contributed by atoms with Crippen LogP contribution >= 0.6 is 11.8 Å². The van der Waals surface area contributed by atoms with Crippen LogP contribution in [0.2, 0.25) is 0 Å². The van der Waals surface area contributed by atoms with Crippen LogP contribution in [0, 0.1) is 0 Å². The minimum atomic E-state index is 0.653. The Morgan fingerprint density at radius 2 is 2.42 bits per heavy atom. The van der Waals surface area contributed by atoms with Crippen molar-refractivity contribution in [2.45, 2.75) is 18.6 Å². The van der Waals surface area contributed by atoms with E-state index < -0.39 is 0 Å². The third kappa shape index (κ3) is 3.48. The average Bonchev–Trinajstić information content (AvgIpc) is 3.05. The van der Waals surface area contributed by atoms with Crippen LogP contribution in [0.15, 0.2) is 40.6 Å². The van der Waals surface area contributed by atoms with Crippen molar-refractivity contribution in [2.24, 2.45) is 0 Å². The zero-order valence-electron chi connectivity index (χ0n) is 10.9. The molecule has 0 radical (unpaired) electrons. The van der Waals surface area contributed by atoms with Gasteiger partial charge in [0.05, 0.1) is 12.9 Å². The van der Waals surface area contributed by atoms with Crippen LogP contribution in [0.3, 0.4) is 0 Å². The molecule has 19 heavy (non-hydrogen) atoms. The Morgan fingerprint density at radius 3 is 3.11 bits per heavy atom. The lowest BCUT2D eigenvalue weighted by Gasteiger charge is -2.06. The topological polar surface area (TPSA) is 53.1 Å². The molecule has 0 unspecified atom stereocenters. The molecule has 0 aromatic carbocycles. The Bertz CT molecular complexity index is 508. The van der Waals surface area contributed by atoms with Crippen molar-refractivity contribution in [2.75, 3.05) is 19.0 Å². The molecule has 0 saturated carbocycles. The molecule has 0 fully saturated rings. The highest BCUT2D eigenvalue weighted by Gasteiger charge is 2.15. The highest BCUT2D eigenvalue weighted by molar-refractivity contribution is 7.99. The zero-order valence-corrected chi connectivity index (χ0v) is 11.7. The van der Waals surface area contributed by atoms with Gasteiger partial charge in [0.25, 0.3) is 0 Å². The monoisotopic (exact) mass is 279 g/mol. The molecule has 2 rings (SSSR count). The number of rotatable bonds is 8. The van der Waals surface area contributed by atoms with Crippen LogP contribution in [0.5, 0.6) is 0 Å². The summed E-state index contributed by atoms with van der Waals surface area (Å²) >= 11 is 1.62. The summed E-state index contributed by atoms with van der Waals surface area (Å²) in [6, 6.07) is 3.71. The number of hydrogen-bond donors (Lipinski definition) is 0. The maximum Gasteiger partial charge on any atom is 0.200 e. The standard InChI is InChI=1S/C13H17N3O2S/c1-3-7-16-12(11-6-5-8-18-11)14-15-13(16)19-10-9-17-4-2/h3,5-6,8H,1,4,7,9-10H2,2H3. The van der Waals surface area contributed by atoms with Crippen LogP contribution in [-0.4, -0.2) is 33.7 Å². The van der Waals surface area contributed by atoms with Crippen molar-refractivity contribution in [1.82, 2.24) is 14.8 Å². The number of allylic oxidation sites excluding steroid dienone is 1. The van der Waals surface area contributed by atoms with Crippen LogP contribution in [0.1, 0.15) is 6.92 Å². The Balaban J connectivity index is 2.12. The molecular formula is C13H17N3O2S. The molecule has 5 nitrogen and oxygen atoms in total. The van der Waals surface area contributed by atoms with Gasteiger partial charge in [-0.15, -0.1) is 16.8 Å². The molecule has 6 heteroatoms. The Hall–Kier alpha value is -1.53. The van der Waals surface area contributed by atoms with Gasteiger partial charge in [-0.2, -0.15) is 0 Å². The van der Waals surface area contributed by atoms with Crippen molar-refractivity contribution in [1.29, 1.82) is 0 Å². The number of hydrogen-bond acceptors (Lipinski definition) is 5. The number of aromatic nitrogens is 3. The van der Waals surface area contributed by atoms with Crippen molar-refractivity contribution < 1.29 is 9.15 Å². The molecule has 0 atom stereocenters. The minimum absolute atomic E-state index is 0.653. The van der Waals surface area contributed by atoms with E-state index in [4.69, 9.17) is 9.15 Å². The fourth-order valence-electron chi connectivity index (χ4n) is 1.61. The van der Waals surface area contributed by atoms with E-state index in [-0.39, 0.29) is 0 Å². The largest absolute Gasteiger partial charge is 0.461 e. The lowest BCUT2D eigenvalue weighted by atomic mass is 10.4. The van der Waals surface area contributed by atoms with E-state index in [0.29, 0.717) is 18.9 Å². The molecule has 0 spiro atoms. The second kappa shape index (κ2) is 7.16. The predicted molar refractivity (Wildman–Crippen MR) is 75.1 cm³/mol.